The van der Waals surface area contributed by atoms with Gasteiger partial charge in [0.05, 0.1) is 37.2 Å². The highest BCUT2D eigenvalue weighted by atomic mass is 32.1. The molecule has 0 spiro atoms. The lowest BCUT2D eigenvalue weighted by Crippen LogP contribution is -2.09. The number of anilines is 6. The Kier molecular flexibility index (Phi) is 20.0. The Morgan fingerprint density at radius 3 is 1.43 bits per heavy atom. The molecule has 7 rings (SSSR count). The minimum atomic E-state index is -0.306. The largest absolute Gasteiger partial charge is 0.384 e. The minimum absolute atomic E-state index is 0.306. The highest BCUT2D eigenvalue weighted by Gasteiger charge is 2.01. The van der Waals surface area contributed by atoms with Gasteiger partial charge in [-0.15, -0.1) is 0 Å². The molecule has 3 heterocycles. The van der Waals surface area contributed by atoms with E-state index in [1.165, 1.54) is 34.8 Å². The first kappa shape index (κ1) is 47.2. The fourth-order valence-electron chi connectivity index (χ4n) is 5.44. The number of aryl methyl sites for hydroxylation is 3. The molecular weight excluding hydrogens is 780 g/mol. The van der Waals surface area contributed by atoms with Crippen molar-refractivity contribution in [3.8, 4) is 0 Å². The minimum Gasteiger partial charge on any atom is -0.384 e. The molecule has 61 heavy (non-hydrogen) atoms. The normalized spacial score (nSPS) is 10.0. The Morgan fingerprint density at radius 1 is 0.541 bits per heavy atom. The van der Waals surface area contributed by atoms with Crippen molar-refractivity contribution in [2.24, 2.45) is 7.05 Å². The number of rotatable bonds is 14. The molecule has 0 aliphatic carbocycles. The van der Waals surface area contributed by atoms with E-state index < -0.39 is 0 Å². The van der Waals surface area contributed by atoms with Crippen LogP contribution in [0.25, 0.3) is 0 Å². The van der Waals surface area contributed by atoms with Gasteiger partial charge in [0.2, 0.25) is 0 Å². The molecule has 320 valence electrons. The molecule has 12 heteroatoms. The quantitative estimate of drug-likeness (QED) is 0.0686. The van der Waals surface area contributed by atoms with Gasteiger partial charge in [-0.3, -0.25) is 9.97 Å². The van der Waals surface area contributed by atoms with Crippen LogP contribution in [0.5, 0.6) is 0 Å². The van der Waals surface area contributed by atoms with E-state index in [2.05, 4.69) is 138 Å². The number of aromatic nitrogens is 4. The monoisotopic (exact) mass is 840 g/mol. The van der Waals surface area contributed by atoms with Gasteiger partial charge in [0, 0.05) is 100 Å². The van der Waals surface area contributed by atoms with Gasteiger partial charge in [-0.1, -0.05) is 41.5 Å². The fraction of sp³-hybridized carbons (Fsp3) is 0.245. The van der Waals surface area contributed by atoms with E-state index >= 15 is 0 Å². The van der Waals surface area contributed by atoms with Crippen LogP contribution in [0.15, 0.2) is 152 Å². The average Bonchev–Trinajstić information content (AvgIpc) is 3.70. The van der Waals surface area contributed by atoms with Crippen molar-refractivity contribution in [1.29, 1.82) is 0 Å². The van der Waals surface area contributed by atoms with Gasteiger partial charge >= 0.3 is 0 Å². The number of hydrogen-bond donors (Lipinski definition) is 5. The average molecular weight is 841 g/mol. The maximum atomic E-state index is 12.6. The molecule has 0 bridgehead atoms. The van der Waals surface area contributed by atoms with E-state index in [0.717, 1.165) is 65.3 Å². The maximum Gasteiger partial charge on any atom is 0.141 e. The molecule has 0 aliphatic heterocycles. The van der Waals surface area contributed by atoms with Crippen molar-refractivity contribution in [3.05, 3.63) is 186 Å². The summed E-state index contributed by atoms with van der Waals surface area (Å²) in [6, 6.07) is 42.2. The molecule has 0 aliphatic rings. The molecule has 0 saturated carbocycles. The first-order chi connectivity index (χ1) is 29.5. The van der Waals surface area contributed by atoms with Gasteiger partial charge in [-0.2, -0.15) is 12.6 Å². The van der Waals surface area contributed by atoms with Gasteiger partial charge in [-0.05, 0) is 111 Å². The van der Waals surface area contributed by atoms with Crippen LogP contribution in [0.3, 0.4) is 0 Å². The number of imidazole rings is 1. The summed E-state index contributed by atoms with van der Waals surface area (Å²) in [5, 5.41) is 13.2. The van der Waals surface area contributed by atoms with Gasteiger partial charge in [0.25, 0.3) is 0 Å². The Bertz CT molecular complexity index is 2170. The number of halogens is 1. The number of hydrogen-bond acceptors (Lipinski definition) is 10. The summed E-state index contributed by atoms with van der Waals surface area (Å²) in [4.78, 5) is 16.7. The Labute approximate surface area is 367 Å². The molecule has 7 aromatic rings. The summed E-state index contributed by atoms with van der Waals surface area (Å²) < 4.78 is 14.6. The molecule has 0 fully saturated rings. The van der Waals surface area contributed by atoms with E-state index in [-0.39, 0.29) is 5.82 Å². The van der Waals surface area contributed by atoms with Crippen molar-refractivity contribution in [2.75, 3.05) is 71.6 Å². The predicted molar refractivity (Wildman–Crippen MR) is 260 cm³/mol. The van der Waals surface area contributed by atoms with Gasteiger partial charge in [-0.25, -0.2) is 9.37 Å². The molecule has 0 atom stereocenters. The third kappa shape index (κ3) is 18.1. The second kappa shape index (κ2) is 25.8. The molecule has 4 aromatic carbocycles. The third-order valence-corrected chi connectivity index (χ3v) is 9.37. The molecule has 10 nitrogen and oxygen atoms in total. The zero-order valence-corrected chi connectivity index (χ0v) is 37.4. The number of thiol groups is 1. The molecule has 0 radical (unpaired) electrons. The van der Waals surface area contributed by atoms with Crippen molar-refractivity contribution in [3.63, 3.8) is 0 Å². The lowest BCUT2D eigenvalue weighted by Gasteiger charge is -2.13. The summed E-state index contributed by atoms with van der Waals surface area (Å²) >= 11 is 4.13. The van der Waals surface area contributed by atoms with Crippen LogP contribution in [-0.2, 0) is 26.7 Å². The first-order valence-corrected chi connectivity index (χ1v) is 20.8. The van der Waals surface area contributed by atoms with E-state index in [1.54, 1.807) is 6.07 Å². The highest BCUT2D eigenvalue weighted by Crippen LogP contribution is 2.17. The van der Waals surface area contributed by atoms with Crippen LogP contribution in [0.2, 0.25) is 0 Å². The Balaban J connectivity index is 0.000000180. The van der Waals surface area contributed by atoms with E-state index in [1.807, 2.05) is 108 Å². The standard InChI is InChI=1S/C13H13FN2.C13H18N4.C13H14N2.C10H16N2S/c1-10-2-5-12(6-3-10)16-9-13-7-4-11(14)8-15-13;1-16(2)12-6-4-11(5-7-12)15-10-13-14-8-9-17(13)3;1-11-5-7-12(8-6-11)15-10-13-4-2-3-9-14-13;1-12(2)10-5-3-9(4-6-10)11-7-8-13/h2-8,16H,9H2,1H3;4-9,15H,10H2,1-3H3;2-9,15H,10H2,1H3;3-6,11,13H,7-8H2,1-2H3. The molecule has 3 aromatic heterocycles. The smallest absolute Gasteiger partial charge is 0.141 e. The van der Waals surface area contributed by atoms with Crippen LogP contribution in [0.4, 0.5) is 38.5 Å². The number of nitrogens with zero attached hydrogens (tertiary/aromatic N) is 6. The number of pyridine rings is 2. The van der Waals surface area contributed by atoms with Crippen molar-refractivity contribution >= 4 is 46.8 Å². The Morgan fingerprint density at radius 2 is 1.02 bits per heavy atom. The van der Waals surface area contributed by atoms with Gasteiger partial charge in [0.15, 0.2) is 0 Å². The first-order valence-electron chi connectivity index (χ1n) is 20.2. The molecule has 0 amide bonds. The van der Waals surface area contributed by atoms with Crippen LogP contribution in [-0.4, -0.2) is 60.0 Å². The number of nitrogens with one attached hydrogen (secondary N) is 4. The van der Waals surface area contributed by atoms with Gasteiger partial charge in [0.1, 0.15) is 11.6 Å². The summed E-state index contributed by atoms with van der Waals surface area (Å²) in [7, 11) is 10.2. The summed E-state index contributed by atoms with van der Waals surface area (Å²) in [5.41, 5.74) is 11.2. The van der Waals surface area contributed by atoms with E-state index in [0.29, 0.717) is 6.54 Å². The topological polar surface area (TPSA) is 98.2 Å². The number of benzene rings is 4. The second-order valence-corrected chi connectivity index (χ2v) is 15.0. The zero-order chi connectivity index (χ0) is 43.8. The molecule has 4 N–H and O–H groups in total. The summed E-state index contributed by atoms with van der Waals surface area (Å²) in [5.74, 6) is 1.58. The zero-order valence-electron chi connectivity index (χ0n) is 36.5. The van der Waals surface area contributed by atoms with Crippen LogP contribution in [0.1, 0.15) is 28.3 Å². The van der Waals surface area contributed by atoms with Crippen LogP contribution in [0, 0.1) is 19.7 Å². The molecule has 0 saturated heterocycles. The third-order valence-electron chi connectivity index (χ3n) is 9.15. The maximum absolute atomic E-state index is 12.6. The molecular formula is C49H61FN10S. The van der Waals surface area contributed by atoms with Crippen molar-refractivity contribution < 1.29 is 4.39 Å². The van der Waals surface area contributed by atoms with Crippen molar-refractivity contribution in [2.45, 2.75) is 33.5 Å². The summed E-state index contributed by atoms with van der Waals surface area (Å²) in [6.45, 7) is 7.15. The van der Waals surface area contributed by atoms with Crippen LogP contribution >= 0.6 is 12.6 Å². The molecule has 0 unspecified atom stereocenters. The van der Waals surface area contributed by atoms with E-state index in [9.17, 15) is 4.39 Å². The Hall–Kier alpha value is -6.53. The lowest BCUT2D eigenvalue weighted by molar-refractivity contribution is 0.619. The SMILES string of the molecule is CN(C)c1ccc(NCCS)cc1.CN(C)c1ccc(NCc2nccn2C)cc1.Cc1ccc(NCc2ccc(F)cn2)cc1.Cc1ccc(NCc2ccccn2)cc1. The van der Waals surface area contributed by atoms with Gasteiger partial charge < -0.3 is 35.6 Å². The second-order valence-electron chi connectivity index (χ2n) is 14.6. The predicted octanol–water partition coefficient (Wildman–Crippen LogP) is 10.3. The van der Waals surface area contributed by atoms with E-state index in [4.69, 9.17) is 0 Å². The fourth-order valence-corrected chi connectivity index (χ4v) is 5.56. The van der Waals surface area contributed by atoms with Crippen LogP contribution < -0.4 is 31.1 Å². The lowest BCUT2D eigenvalue weighted by atomic mass is 10.2. The van der Waals surface area contributed by atoms with Crippen molar-refractivity contribution in [1.82, 2.24) is 19.5 Å². The highest BCUT2D eigenvalue weighted by molar-refractivity contribution is 7.80. The summed E-state index contributed by atoms with van der Waals surface area (Å²) in [6.07, 6.45) is 6.80.